The summed E-state index contributed by atoms with van der Waals surface area (Å²) in [5, 5.41) is 13.0. The summed E-state index contributed by atoms with van der Waals surface area (Å²) in [5.74, 6) is -0.00363. The van der Waals surface area contributed by atoms with Crippen molar-refractivity contribution in [2.45, 2.75) is 25.8 Å². The second-order valence-corrected chi connectivity index (χ2v) is 5.90. The molecule has 1 atom stereocenters. The Morgan fingerprint density at radius 3 is 2.83 bits per heavy atom. The van der Waals surface area contributed by atoms with Crippen LogP contribution in [0.25, 0.3) is 0 Å². The molecule has 0 fully saturated rings. The summed E-state index contributed by atoms with van der Waals surface area (Å²) in [4.78, 5) is 19.9. The Labute approximate surface area is 144 Å². The maximum atomic E-state index is 11.6. The highest BCUT2D eigenvalue weighted by atomic mass is 35.5. The number of fused-ring (bicyclic) bond motifs is 1. The van der Waals surface area contributed by atoms with Gasteiger partial charge >= 0.3 is 5.97 Å². The van der Waals surface area contributed by atoms with Crippen LogP contribution < -0.4 is 5.32 Å². The summed E-state index contributed by atoms with van der Waals surface area (Å²) in [7, 11) is 0. The normalized spacial score (nSPS) is 15.5. The number of nitriles is 1. The van der Waals surface area contributed by atoms with Gasteiger partial charge in [-0.2, -0.15) is 5.26 Å². The summed E-state index contributed by atoms with van der Waals surface area (Å²) in [6.07, 6.45) is 4.33. The first-order valence-corrected chi connectivity index (χ1v) is 7.95. The Balaban J connectivity index is 1.70. The van der Waals surface area contributed by atoms with E-state index in [0.29, 0.717) is 35.1 Å². The molecule has 6 nitrogen and oxygen atoms in total. The van der Waals surface area contributed by atoms with Gasteiger partial charge in [-0.15, -0.1) is 0 Å². The topological polar surface area (TPSA) is 87.9 Å². The van der Waals surface area contributed by atoms with E-state index >= 15 is 0 Å². The van der Waals surface area contributed by atoms with Crippen molar-refractivity contribution >= 4 is 23.5 Å². The minimum Gasteiger partial charge on any atom is -0.462 e. The number of aromatic nitrogens is 2. The van der Waals surface area contributed by atoms with Crippen molar-refractivity contribution < 1.29 is 9.53 Å². The summed E-state index contributed by atoms with van der Waals surface area (Å²) in [6.45, 7) is 2.05. The number of nitrogens with zero attached hydrogens (tertiary/aromatic N) is 3. The van der Waals surface area contributed by atoms with E-state index in [1.54, 1.807) is 13.0 Å². The molecule has 1 aromatic heterocycles. The van der Waals surface area contributed by atoms with Crippen LogP contribution in [0.5, 0.6) is 0 Å². The monoisotopic (exact) mass is 342 g/mol. The lowest BCUT2D eigenvalue weighted by Gasteiger charge is -2.11. The number of rotatable bonds is 4. The number of carbonyl (C=O) groups excluding carboxylic acids is 1. The largest absolute Gasteiger partial charge is 0.462 e. The van der Waals surface area contributed by atoms with E-state index in [2.05, 4.69) is 21.4 Å². The van der Waals surface area contributed by atoms with Crippen LogP contribution in [0.4, 0.5) is 5.95 Å². The van der Waals surface area contributed by atoms with E-state index in [-0.39, 0.29) is 6.04 Å². The zero-order valence-electron chi connectivity index (χ0n) is 13.0. The molecule has 0 radical (unpaired) electrons. The van der Waals surface area contributed by atoms with Gasteiger partial charge in [-0.25, -0.2) is 14.8 Å². The minimum atomic E-state index is -0.439. The van der Waals surface area contributed by atoms with Gasteiger partial charge in [0.2, 0.25) is 5.95 Å². The number of nitrogens with one attached hydrogen (secondary N) is 1. The van der Waals surface area contributed by atoms with Gasteiger partial charge in [0.05, 0.1) is 23.8 Å². The Hall–Kier alpha value is -2.65. The first-order valence-electron chi connectivity index (χ1n) is 7.57. The molecule has 0 unspecified atom stereocenters. The molecule has 1 N–H and O–H groups in total. The number of hydrogen-bond acceptors (Lipinski definition) is 6. The maximum Gasteiger partial charge on any atom is 0.341 e. The molecule has 0 bridgehead atoms. The number of ether oxygens (including phenoxy) is 1. The summed E-state index contributed by atoms with van der Waals surface area (Å²) in [5.41, 5.74) is 3.01. The molecule has 0 spiro atoms. The van der Waals surface area contributed by atoms with Crippen molar-refractivity contribution in [2.24, 2.45) is 0 Å². The van der Waals surface area contributed by atoms with Crippen LogP contribution in [0.15, 0.2) is 24.5 Å². The van der Waals surface area contributed by atoms with E-state index in [4.69, 9.17) is 16.3 Å². The number of anilines is 1. The number of esters is 1. The average molecular weight is 343 g/mol. The van der Waals surface area contributed by atoms with Gasteiger partial charge in [0.15, 0.2) is 0 Å². The molecule has 24 heavy (non-hydrogen) atoms. The van der Waals surface area contributed by atoms with E-state index < -0.39 is 5.97 Å². The third-order valence-electron chi connectivity index (χ3n) is 3.84. The zero-order chi connectivity index (χ0) is 17.1. The number of halogens is 1. The van der Waals surface area contributed by atoms with Crippen molar-refractivity contribution in [3.8, 4) is 6.07 Å². The van der Waals surface area contributed by atoms with Crippen LogP contribution >= 0.6 is 11.6 Å². The quantitative estimate of drug-likeness (QED) is 0.859. The molecule has 1 aliphatic carbocycles. The van der Waals surface area contributed by atoms with Crippen molar-refractivity contribution in [1.29, 1.82) is 5.26 Å². The van der Waals surface area contributed by atoms with Crippen LogP contribution in [-0.4, -0.2) is 28.6 Å². The van der Waals surface area contributed by atoms with E-state index in [9.17, 15) is 10.1 Å². The lowest BCUT2D eigenvalue weighted by atomic mass is 10.0. The van der Waals surface area contributed by atoms with E-state index in [0.717, 1.165) is 17.5 Å². The molecule has 1 heterocycles. The Morgan fingerprint density at radius 2 is 2.17 bits per heavy atom. The van der Waals surface area contributed by atoms with Gasteiger partial charge in [-0.3, -0.25) is 0 Å². The smallest absolute Gasteiger partial charge is 0.341 e. The number of carbonyl (C=O) groups is 1. The van der Waals surface area contributed by atoms with Crippen molar-refractivity contribution in [3.05, 3.63) is 51.8 Å². The fourth-order valence-electron chi connectivity index (χ4n) is 2.81. The molecule has 122 valence electrons. The lowest BCUT2D eigenvalue weighted by molar-refractivity contribution is 0.0525. The Bertz CT molecular complexity index is 815. The van der Waals surface area contributed by atoms with Crippen LogP contribution in [0.2, 0.25) is 5.02 Å². The van der Waals surface area contributed by atoms with Gasteiger partial charge in [0.1, 0.15) is 0 Å². The highest BCUT2D eigenvalue weighted by Gasteiger charge is 2.25. The molecule has 0 amide bonds. The van der Waals surface area contributed by atoms with Gasteiger partial charge in [-0.1, -0.05) is 11.6 Å². The SMILES string of the molecule is CCOC(=O)c1cnc(N[C@H]2Cc3cc(Cl)cc(C#N)c3C2)nc1. The molecule has 2 aromatic rings. The maximum absolute atomic E-state index is 11.6. The third kappa shape index (κ3) is 3.31. The zero-order valence-corrected chi connectivity index (χ0v) is 13.8. The molecular weight excluding hydrogens is 328 g/mol. The van der Waals surface area contributed by atoms with Crippen LogP contribution in [0.1, 0.15) is 34.0 Å². The highest BCUT2D eigenvalue weighted by molar-refractivity contribution is 6.30. The molecule has 3 rings (SSSR count). The van der Waals surface area contributed by atoms with Crippen molar-refractivity contribution in [1.82, 2.24) is 9.97 Å². The first kappa shape index (κ1) is 16.2. The number of hydrogen-bond donors (Lipinski definition) is 1. The van der Waals surface area contributed by atoms with Crippen molar-refractivity contribution in [3.63, 3.8) is 0 Å². The predicted molar refractivity (Wildman–Crippen MR) is 89.0 cm³/mol. The molecule has 7 heteroatoms. The molecule has 1 aromatic carbocycles. The second kappa shape index (κ2) is 6.85. The fourth-order valence-corrected chi connectivity index (χ4v) is 3.05. The van der Waals surface area contributed by atoms with Gasteiger partial charge in [-0.05, 0) is 43.0 Å². The minimum absolute atomic E-state index is 0.0824. The second-order valence-electron chi connectivity index (χ2n) is 5.47. The van der Waals surface area contributed by atoms with Crippen LogP contribution in [0.3, 0.4) is 0 Å². The van der Waals surface area contributed by atoms with Crippen LogP contribution in [0, 0.1) is 11.3 Å². The average Bonchev–Trinajstić information content (AvgIpc) is 2.97. The number of benzene rings is 1. The van der Waals surface area contributed by atoms with Crippen LogP contribution in [-0.2, 0) is 17.6 Å². The lowest BCUT2D eigenvalue weighted by Crippen LogP contribution is -2.21. The van der Waals surface area contributed by atoms with E-state index in [1.807, 2.05) is 6.07 Å². The molecule has 0 aliphatic heterocycles. The summed E-state index contributed by atoms with van der Waals surface area (Å²) >= 11 is 6.05. The molecular formula is C17H15ClN4O2. The molecule has 0 saturated heterocycles. The summed E-state index contributed by atoms with van der Waals surface area (Å²) < 4.78 is 4.90. The Kier molecular flexibility index (Phi) is 4.63. The molecule has 1 aliphatic rings. The Morgan fingerprint density at radius 1 is 1.42 bits per heavy atom. The highest BCUT2D eigenvalue weighted by Crippen LogP contribution is 2.29. The molecule has 0 saturated carbocycles. The van der Waals surface area contributed by atoms with Gasteiger partial charge in [0.25, 0.3) is 0 Å². The first-order chi connectivity index (χ1) is 11.6. The summed E-state index contributed by atoms with van der Waals surface area (Å²) in [6, 6.07) is 5.85. The van der Waals surface area contributed by atoms with Gasteiger partial charge in [0, 0.05) is 23.5 Å². The predicted octanol–water partition coefficient (Wildman–Crippen LogP) is 2.76. The third-order valence-corrected chi connectivity index (χ3v) is 4.06. The standard InChI is InChI=1S/C17H15ClN4O2/c1-2-24-16(23)12-8-20-17(21-9-12)22-14-5-10-3-13(18)4-11(7-19)15(10)6-14/h3-4,8-9,14H,2,5-6H2,1H3,(H,20,21,22)/t14-/m0/s1. The van der Waals surface area contributed by atoms with E-state index in [1.165, 1.54) is 12.4 Å². The van der Waals surface area contributed by atoms with Gasteiger partial charge < -0.3 is 10.1 Å². The van der Waals surface area contributed by atoms with Crippen molar-refractivity contribution in [2.75, 3.05) is 11.9 Å². The fraction of sp³-hybridized carbons (Fsp3) is 0.294.